The highest BCUT2D eigenvalue weighted by Gasteiger charge is 2.47. The Kier molecular flexibility index (Phi) is 16.2. The number of Topliss-reactive ketones (excluding diaryl/α,β-unsaturated/α-hetero) is 2. The highest BCUT2D eigenvalue weighted by atomic mass is 16.5. The summed E-state index contributed by atoms with van der Waals surface area (Å²) in [6, 6.07) is 12.2. The van der Waals surface area contributed by atoms with Gasteiger partial charge in [-0.25, -0.2) is 4.79 Å². The first-order valence-electron chi connectivity index (χ1n) is 21.9. The lowest BCUT2D eigenvalue weighted by molar-refractivity contribution is -0.167. The number of amides is 5. The van der Waals surface area contributed by atoms with Crippen LogP contribution in [-0.4, -0.2) is 112 Å². The fraction of sp³-hybridized carbons (Fsp3) is 0.574. The number of piperidine rings is 1. The lowest BCUT2D eigenvalue weighted by atomic mass is 9.86. The fourth-order valence-electron chi connectivity index (χ4n) is 8.23. The van der Waals surface area contributed by atoms with Gasteiger partial charge in [0.1, 0.15) is 30.5 Å². The molecule has 0 aromatic heterocycles. The molecule has 0 unspecified atom stereocenters. The van der Waals surface area contributed by atoms with Crippen molar-refractivity contribution in [1.29, 1.82) is 0 Å². The van der Waals surface area contributed by atoms with E-state index in [1.165, 1.54) is 25.8 Å². The number of fused-ring (bicyclic) bond motifs is 2. The number of esters is 1. The molecule has 9 atom stereocenters. The van der Waals surface area contributed by atoms with Crippen molar-refractivity contribution in [3.8, 4) is 0 Å². The van der Waals surface area contributed by atoms with E-state index in [9.17, 15) is 43.5 Å². The molecule has 336 valence electrons. The molecular weight excluding hydrogens is 795 g/mol. The van der Waals surface area contributed by atoms with Crippen LogP contribution in [0, 0.1) is 29.6 Å². The lowest BCUT2D eigenvalue weighted by Crippen LogP contribution is -2.62. The summed E-state index contributed by atoms with van der Waals surface area (Å²) in [5.74, 6) is -8.24. The Balaban J connectivity index is 1.58. The molecule has 5 rings (SSSR count). The molecular formula is C47H63N5O10. The van der Waals surface area contributed by atoms with Crippen LogP contribution in [0.15, 0.2) is 60.7 Å². The van der Waals surface area contributed by atoms with Crippen molar-refractivity contribution in [2.24, 2.45) is 29.6 Å². The van der Waals surface area contributed by atoms with Crippen LogP contribution in [0.3, 0.4) is 0 Å². The molecule has 0 spiro atoms. The molecule has 1 saturated carbocycles. The maximum absolute atomic E-state index is 14.9. The van der Waals surface area contributed by atoms with E-state index in [4.69, 9.17) is 4.74 Å². The highest BCUT2D eigenvalue weighted by molar-refractivity contribution is 5.98. The Morgan fingerprint density at radius 2 is 1.37 bits per heavy atom. The minimum absolute atomic E-state index is 0.00732. The molecule has 3 aliphatic rings. The predicted octanol–water partition coefficient (Wildman–Crippen LogP) is 2.90. The van der Waals surface area contributed by atoms with Crippen LogP contribution in [0.4, 0.5) is 0 Å². The summed E-state index contributed by atoms with van der Waals surface area (Å²) < 4.78 is 5.93. The Bertz CT molecular complexity index is 1950. The molecule has 1 aliphatic carbocycles. The van der Waals surface area contributed by atoms with Gasteiger partial charge in [0, 0.05) is 44.6 Å². The Labute approximate surface area is 364 Å². The molecule has 0 radical (unpaired) electrons. The zero-order valence-corrected chi connectivity index (χ0v) is 36.9. The predicted molar refractivity (Wildman–Crippen MR) is 228 cm³/mol. The van der Waals surface area contributed by atoms with Crippen LogP contribution in [0.5, 0.6) is 0 Å². The summed E-state index contributed by atoms with van der Waals surface area (Å²) >= 11 is 0. The molecule has 2 aromatic rings. The maximum Gasteiger partial charge on any atom is 0.329 e. The van der Waals surface area contributed by atoms with Crippen LogP contribution in [0.25, 0.3) is 0 Å². The van der Waals surface area contributed by atoms with Gasteiger partial charge < -0.3 is 35.6 Å². The van der Waals surface area contributed by atoms with Gasteiger partial charge in [-0.1, -0.05) is 88.4 Å². The summed E-state index contributed by atoms with van der Waals surface area (Å²) in [5, 5.41) is 19.8. The number of aliphatic hydroxyl groups is 1. The Hall–Kier alpha value is -5.44. The smallest absolute Gasteiger partial charge is 0.329 e. The van der Waals surface area contributed by atoms with Gasteiger partial charge in [-0.3, -0.25) is 33.6 Å². The third-order valence-corrected chi connectivity index (χ3v) is 12.4. The van der Waals surface area contributed by atoms with Crippen LogP contribution < -0.4 is 16.0 Å². The number of carbonyl (C=O) groups excluding carboxylic acids is 8. The fourth-order valence-corrected chi connectivity index (χ4v) is 8.23. The van der Waals surface area contributed by atoms with Gasteiger partial charge in [-0.15, -0.1) is 0 Å². The molecule has 62 heavy (non-hydrogen) atoms. The number of ketones is 2. The zero-order valence-electron chi connectivity index (χ0n) is 36.9. The van der Waals surface area contributed by atoms with Gasteiger partial charge in [0.25, 0.3) is 0 Å². The van der Waals surface area contributed by atoms with E-state index in [0.717, 1.165) is 4.90 Å². The second kappa shape index (κ2) is 21.1. The average Bonchev–Trinajstić information content (AvgIpc) is 4.08. The number of rotatable bonds is 11. The van der Waals surface area contributed by atoms with Gasteiger partial charge in [0.05, 0.1) is 18.0 Å². The molecule has 4 N–H and O–H groups in total. The van der Waals surface area contributed by atoms with Crippen LogP contribution >= 0.6 is 0 Å². The minimum Gasteiger partial charge on any atom is -0.460 e. The van der Waals surface area contributed by atoms with E-state index in [-0.39, 0.29) is 43.9 Å². The number of likely N-dealkylation sites (N-methyl/N-ethyl adjacent to an activating group) is 1. The number of cyclic esters (lactones) is 1. The molecule has 2 aliphatic heterocycles. The van der Waals surface area contributed by atoms with E-state index in [0.29, 0.717) is 24.0 Å². The van der Waals surface area contributed by atoms with E-state index in [1.54, 1.807) is 76.2 Å². The number of nitrogens with zero attached hydrogens (tertiary/aromatic N) is 2. The van der Waals surface area contributed by atoms with E-state index in [1.807, 2.05) is 12.1 Å². The third kappa shape index (κ3) is 11.9. The quantitative estimate of drug-likeness (QED) is 0.243. The van der Waals surface area contributed by atoms with Crippen molar-refractivity contribution in [2.45, 2.75) is 135 Å². The maximum atomic E-state index is 14.9. The van der Waals surface area contributed by atoms with Crippen LogP contribution in [-0.2, 0) is 55.9 Å². The molecule has 2 heterocycles. The van der Waals surface area contributed by atoms with Crippen LogP contribution in [0.2, 0.25) is 0 Å². The van der Waals surface area contributed by atoms with Gasteiger partial charge >= 0.3 is 5.97 Å². The number of benzene rings is 2. The van der Waals surface area contributed by atoms with Crippen molar-refractivity contribution in [3.63, 3.8) is 0 Å². The number of aliphatic hydroxyl groups excluding tert-OH is 1. The van der Waals surface area contributed by atoms with Crippen molar-refractivity contribution in [2.75, 3.05) is 7.05 Å². The van der Waals surface area contributed by atoms with E-state index in [2.05, 4.69) is 16.0 Å². The van der Waals surface area contributed by atoms with Gasteiger partial charge in [0.2, 0.25) is 29.5 Å². The normalized spacial score (nSPS) is 27.7. The minimum atomic E-state index is -1.37. The largest absolute Gasteiger partial charge is 0.460 e. The van der Waals surface area contributed by atoms with Gasteiger partial charge in [0.15, 0.2) is 11.6 Å². The number of carbonyl (C=O) groups is 8. The van der Waals surface area contributed by atoms with E-state index < -0.39 is 114 Å². The molecule has 2 saturated heterocycles. The summed E-state index contributed by atoms with van der Waals surface area (Å²) in [6.07, 6.45) is -1.85. The van der Waals surface area contributed by atoms with E-state index >= 15 is 0 Å². The monoisotopic (exact) mass is 857 g/mol. The molecule has 15 heteroatoms. The Morgan fingerprint density at radius 1 is 0.790 bits per heavy atom. The topological polar surface area (TPSA) is 209 Å². The molecule has 5 amide bonds. The Morgan fingerprint density at radius 3 is 1.92 bits per heavy atom. The molecule has 2 aromatic carbocycles. The van der Waals surface area contributed by atoms with Gasteiger partial charge in [-0.05, 0) is 62.5 Å². The highest BCUT2D eigenvalue weighted by Crippen LogP contribution is 2.36. The third-order valence-electron chi connectivity index (χ3n) is 12.4. The first-order valence-corrected chi connectivity index (χ1v) is 21.9. The first-order chi connectivity index (χ1) is 29.4. The number of nitrogens with one attached hydrogen (secondary N) is 3. The number of ether oxygens (including phenoxy) is 1. The summed E-state index contributed by atoms with van der Waals surface area (Å²) in [7, 11) is 1.45. The van der Waals surface area contributed by atoms with Gasteiger partial charge in [-0.2, -0.15) is 0 Å². The average molecular weight is 858 g/mol. The SMILES string of the molecule is CC(C)C(=O)N[C@@H](C)C(=O)C[C@@H]1C(=O)N[C@@H](C2CC2)C(=O)C[C@H]2CC[C@@H](O)N(C2=O)[C@@H](Cc2ccccc2)C(=O)N(C)[C@@H](Cc2ccccc2)C(=O)N[C@@H](C(C)C)C(=O)O[C@@H]1C. The lowest BCUT2D eigenvalue weighted by Gasteiger charge is -2.43. The van der Waals surface area contributed by atoms with Crippen molar-refractivity contribution in [1.82, 2.24) is 25.8 Å². The number of hydrogen-bond acceptors (Lipinski definition) is 10. The summed E-state index contributed by atoms with van der Waals surface area (Å²) in [6.45, 7) is 9.71. The first kappa shape index (κ1) is 47.6. The standard InChI is InChI=1S/C47H63N5O10/c1-26(2)40-47(61)62-29(6)34(25-37(53)28(5)48-42(56)27(3)4)43(57)50-41(32-18-19-32)38(54)24-33-20-21-39(55)52(45(33)59)36(23-31-16-12-9-13-17-31)46(60)51(7)35(44(58)49-40)22-30-14-10-8-11-15-30/h8-17,26-29,32-36,39-41,55H,18-25H2,1-7H3,(H,48,56)(H,49,58)(H,50,57)/t28-,29+,33+,34-,35-,36-,39+,40-,41-/m0/s1. The second-order valence-corrected chi connectivity index (χ2v) is 17.9. The number of hydrogen-bond donors (Lipinski definition) is 4. The summed E-state index contributed by atoms with van der Waals surface area (Å²) in [5.41, 5.74) is 1.40. The van der Waals surface area contributed by atoms with Crippen molar-refractivity contribution >= 4 is 47.1 Å². The molecule has 15 nitrogen and oxygen atoms in total. The summed E-state index contributed by atoms with van der Waals surface area (Å²) in [4.78, 5) is 115. The van der Waals surface area contributed by atoms with Crippen LogP contribution in [0.1, 0.15) is 91.2 Å². The second-order valence-electron chi connectivity index (χ2n) is 17.9. The molecule has 2 bridgehead atoms. The van der Waals surface area contributed by atoms with Crippen molar-refractivity contribution in [3.05, 3.63) is 71.8 Å². The zero-order chi connectivity index (χ0) is 45.4. The van der Waals surface area contributed by atoms with Crippen molar-refractivity contribution < 1.29 is 48.2 Å². The molecule has 3 fully saturated rings.